The lowest BCUT2D eigenvalue weighted by Gasteiger charge is -2.19. The highest BCUT2D eigenvalue weighted by atomic mass is 16.5. The SMILES string of the molecule is COc1ccc(C2NC3(CC3)C(=O)N2C)cc1. The van der Waals surface area contributed by atoms with Crippen molar-refractivity contribution in [2.24, 2.45) is 0 Å². The van der Waals surface area contributed by atoms with E-state index >= 15 is 0 Å². The molecule has 17 heavy (non-hydrogen) atoms. The van der Waals surface area contributed by atoms with Gasteiger partial charge < -0.3 is 9.64 Å². The molecule has 1 aliphatic heterocycles. The first-order valence-corrected chi connectivity index (χ1v) is 5.85. The van der Waals surface area contributed by atoms with Crippen molar-refractivity contribution >= 4 is 5.91 Å². The topological polar surface area (TPSA) is 41.6 Å². The van der Waals surface area contributed by atoms with Crippen LogP contribution in [-0.2, 0) is 4.79 Å². The Bertz CT molecular complexity index is 451. The second-order valence-electron chi connectivity index (χ2n) is 4.82. The lowest BCUT2D eigenvalue weighted by molar-refractivity contribution is -0.129. The zero-order chi connectivity index (χ0) is 12.0. The van der Waals surface area contributed by atoms with Gasteiger partial charge in [-0.3, -0.25) is 10.1 Å². The minimum absolute atomic E-state index is 0.00379. The van der Waals surface area contributed by atoms with E-state index in [1.165, 1.54) is 0 Å². The Morgan fingerprint density at radius 3 is 2.47 bits per heavy atom. The molecule has 90 valence electrons. The largest absolute Gasteiger partial charge is 0.497 e. The fraction of sp³-hybridized carbons (Fsp3) is 0.462. The minimum atomic E-state index is -0.251. The average molecular weight is 232 g/mol. The van der Waals surface area contributed by atoms with Crippen molar-refractivity contribution in [3.8, 4) is 5.75 Å². The molecule has 0 radical (unpaired) electrons. The van der Waals surface area contributed by atoms with Gasteiger partial charge in [0.1, 0.15) is 17.5 Å². The highest BCUT2D eigenvalue weighted by molar-refractivity contribution is 5.91. The summed E-state index contributed by atoms with van der Waals surface area (Å²) in [6.07, 6.45) is 1.92. The molecule has 1 heterocycles. The summed E-state index contributed by atoms with van der Waals surface area (Å²) in [4.78, 5) is 13.8. The number of nitrogens with zero attached hydrogens (tertiary/aromatic N) is 1. The van der Waals surface area contributed by atoms with E-state index in [4.69, 9.17) is 4.74 Å². The van der Waals surface area contributed by atoms with E-state index in [0.29, 0.717) is 0 Å². The van der Waals surface area contributed by atoms with Gasteiger partial charge in [-0.1, -0.05) is 12.1 Å². The molecule has 1 aromatic carbocycles. The Labute approximate surface area is 101 Å². The van der Waals surface area contributed by atoms with E-state index in [0.717, 1.165) is 24.2 Å². The van der Waals surface area contributed by atoms with Crippen LogP contribution in [0.3, 0.4) is 0 Å². The third-order valence-electron chi connectivity index (χ3n) is 3.71. The Morgan fingerprint density at radius 2 is 2.00 bits per heavy atom. The van der Waals surface area contributed by atoms with Crippen LogP contribution >= 0.6 is 0 Å². The van der Waals surface area contributed by atoms with Crippen LogP contribution in [0.5, 0.6) is 5.75 Å². The molecule has 0 bridgehead atoms. The highest BCUT2D eigenvalue weighted by Gasteiger charge is 2.58. The van der Waals surface area contributed by atoms with E-state index in [2.05, 4.69) is 5.32 Å². The molecule has 1 N–H and O–H groups in total. The van der Waals surface area contributed by atoms with E-state index in [1.807, 2.05) is 31.3 Å². The van der Waals surface area contributed by atoms with Crippen molar-refractivity contribution in [1.82, 2.24) is 10.2 Å². The van der Waals surface area contributed by atoms with Crippen molar-refractivity contribution < 1.29 is 9.53 Å². The first-order chi connectivity index (χ1) is 8.16. The number of rotatable bonds is 2. The zero-order valence-electron chi connectivity index (χ0n) is 10.1. The summed E-state index contributed by atoms with van der Waals surface area (Å²) in [5.74, 6) is 1.06. The Morgan fingerprint density at radius 1 is 1.35 bits per heavy atom. The van der Waals surface area contributed by atoms with Gasteiger partial charge in [0.25, 0.3) is 0 Å². The molecule has 2 fully saturated rings. The number of amides is 1. The molecule has 4 heteroatoms. The van der Waals surface area contributed by atoms with Gasteiger partial charge in [0, 0.05) is 7.05 Å². The van der Waals surface area contributed by atoms with Gasteiger partial charge in [0.2, 0.25) is 5.91 Å². The number of nitrogens with one attached hydrogen (secondary N) is 1. The molecule has 1 aliphatic carbocycles. The van der Waals surface area contributed by atoms with Crippen LogP contribution in [0, 0.1) is 0 Å². The van der Waals surface area contributed by atoms with Gasteiger partial charge in [-0.25, -0.2) is 0 Å². The van der Waals surface area contributed by atoms with Crippen LogP contribution in [0.2, 0.25) is 0 Å². The number of hydrogen-bond acceptors (Lipinski definition) is 3. The van der Waals surface area contributed by atoms with Gasteiger partial charge >= 0.3 is 0 Å². The number of hydrogen-bond donors (Lipinski definition) is 1. The molecule has 1 saturated carbocycles. The fourth-order valence-corrected chi connectivity index (χ4v) is 2.45. The van der Waals surface area contributed by atoms with Crippen LogP contribution < -0.4 is 10.1 Å². The summed E-state index contributed by atoms with van der Waals surface area (Å²) in [6.45, 7) is 0. The molecule has 4 nitrogen and oxygen atoms in total. The van der Waals surface area contributed by atoms with E-state index in [9.17, 15) is 4.79 Å². The van der Waals surface area contributed by atoms with Gasteiger partial charge in [-0.15, -0.1) is 0 Å². The molecule has 1 aromatic rings. The molecule has 1 spiro atoms. The molecular weight excluding hydrogens is 216 g/mol. The highest BCUT2D eigenvalue weighted by Crippen LogP contribution is 2.45. The molecular formula is C13H16N2O2. The molecule has 1 atom stereocenters. The van der Waals surface area contributed by atoms with Gasteiger partial charge in [-0.05, 0) is 30.5 Å². The summed E-state index contributed by atoms with van der Waals surface area (Å²) in [5, 5.41) is 3.43. The maximum atomic E-state index is 12.0. The second kappa shape index (κ2) is 3.47. The number of benzene rings is 1. The summed E-state index contributed by atoms with van der Waals surface area (Å²) in [6, 6.07) is 7.85. The van der Waals surface area contributed by atoms with Gasteiger partial charge in [-0.2, -0.15) is 0 Å². The molecule has 1 unspecified atom stereocenters. The number of likely N-dealkylation sites (N-methyl/N-ethyl adjacent to an activating group) is 1. The predicted molar refractivity (Wildman–Crippen MR) is 63.6 cm³/mol. The van der Waals surface area contributed by atoms with E-state index < -0.39 is 0 Å². The molecule has 1 saturated heterocycles. The average Bonchev–Trinajstić information content (AvgIpc) is 3.11. The van der Waals surface area contributed by atoms with Crippen LogP contribution in [0.15, 0.2) is 24.3 Å². The van der Waals surface area contributed by atoms with E-state index in [1.54, 1.807) is 12.0 Å². The van der Waals surface area contributed by atoms with Crippen LogP contribution in [0.1, 0.15) is 24.6 Å². The molecule has 3 rings (SSSR count). The Balaban J connectivity index is 1.86. The lowest BCUT2D eigenvalue weighted by atomic mass is 10.1. The normalized spacial score (nSPS) is 25.4. The minimum Gasteiger partial charge on any atom is -0.497 e. The first kappa shape index (κ1) is 10.6. The second-order valence-corrected chi connectivity index (χ2v) is 4.82. The van der Waals surface area contributed by atoms with Crippen molar-refractivity contribution in [3.63, 3.8) is 0 Å². The number of ether oxygens (including phenoxy) is 1. The van der Waals surface area contributed by atoms with Crippen molar-refractivity contribution in [1.29, 1.82) is 0 Å². The predicted octanol–water partition coefficient (Wildman–Crippen LogP) is 1.29. The molecule has 0 aromatic heterocycles. The summed E-state index contributed by atoms with van der Waals surface area (Å²) >= 11 is 0. The summed E-state index contributed by atoms with van der Waals surface area (Å²) < 4.78 is 5.13. The Hall–Kier alpha value is -1.55. The van der Waals surface area contributed by atoms with Crippen LogP contribution in [-0.4, -0.2) is 30.5 Å². The third kappa shape index (κ3) is 1.52. The third-order valence-corrected chi connectivity index (χ3v) is 3.71. The fourth-order valence-electron chi connectivity index (χ4n) is 2.45. The van der Waals surface area contributed by atoms with Crippen molar-refractivity contribution in [2.75, 3.05) is 14.2 Å². The quantitative estimate of drug-likeness (QED) is 0.835. The van der Waals surface area contributed by atoms with Crippen LogP contribution in [0.4, 0.5) is 0 Å². The maximum absolute atomic E-state index is 12.0. The van der Waals surface area contributed by atoms with Gasteiger partial charge in [0.05, 0.1) is 7.11 Å². The van der Waals surface area contributed by atoms with Gasteiger partial charge in [0.15, 0.2) is 0 Å². The summed E-state index contributed by atoms with van der Waals surface area (Å²) in [7, 11) is 3.51. The number of methoxy groups -OCH3 is 1. The number of carbonyl (C=O) groups is 1. The smallest absolute Gasteiger partial charge is 0.244 e. The van der Waals surface area contributed by atoms with Crippen molar-refractivity contribution in [2.45, 2.75) is 24.5 Å². The monoisotopic (exact) mass is 232 g/mol. The lowest BCUT2D eigenvalue weighted by Crippen LogP contribution is -2.30. The molecule has 1 amide bonds. The van der Waals surface area contributed by atoms with E-state index in [-0.39, 0.29) is 17.6 Å². The molecule has 2 aliphatic rings. The summed E-state index contributed by atoms with van der Waals surface area (Å²) in [5.41, 5.74) is 0.852. The maximum Gasteiger partial charge on any atom is 0.244 e. The Kier molecular flexibility index (Phi) is 2.16. The standard InChI is InChI=1S/C13H16N2O2/c1-15-11(14-13(7-8-13)12(15)16)9-3-5-10(17-2)6-4-9/h3-6,11,14H,7-8H2,1-2H3. The zero-order valence-corrected chi connectivity index (χ0v) is 10.1. The van der Waals surface area contributed by atoms with Crippen molar-refractivity contribution in [3.05, 3.63) is 29.8 Å². The first-order valence-electron chi connectivity index (χ1n) is 5.85. The van der Waals surface area contributed by atoms with Crippen LogP contribution in [0.25, 0.3) is 0 Å². The number of carbonyl (C=O) groups excluding carboxylic acids is 1.